The van der Waals surface area contributed by atoms with Crippen molar-refractivity contribution in [2.75, 3.05) is 7.11 Å². The summed E-state index contributed by atoms with van der Waals surface area (Å²) in [7, 11) is 1.30. The van der Waals surface area contributed by atoms with Crippen LogP contribution in [0.4, 0.5) is 4.79 Å². The molecule has 0 bridgehead atoms. The highest BCUT2D eigenvalue weighted by atomic mass is 16.5. The first-order chi connectivity index (χ1) is 12.1. The molecule has 0 aromatic rings. The molecule has 2 N–H and O–H groups in total. The van der Waals surface area contributed by atoms with Crippen molar-refractivity contribution < 1.29 is 19.1 Å². The summed E-state index contributed by atoms with van der Waals surface area (Å²) >= 11 is 0. The van der Waals surface area contributed by atoms with Crippen molar-refractivity contribution in [2.45, 2.75) is 88.4 Å². The normalized spacial score (nSPS) is 30.2. The molecule has 3 aliphatic rings. The minimum Gasteiger partial charge on any atom is -0.469 e. The maximum Gasteiger partial charge on any atom is 0.318 e. The third-order valence-electron chi connectivity index (χ3n) is 5.81. The molecule has 3 rings (SSSR count). The molecule has 2 aliphatic carbocycles. The van der Waals surface area contributed by atoms with Crippen molar-refractivity contribution >= 4 is 17.9 Å². The second-order valence-electron chi connectivity index (χ2n) is 7.45. The summed E-state index contributed by atoms with van der Waals surface area (Å²) in [5.74, 6) is -0.711. The summed E-state index contributed by atoms with van der Waals surface area (Å²) in [5.41, 5.74) is 0. The predicted octanol–water partition coefficient (Wildman–Crippen LogP) is 1.70. The van der Waals surface area contributed by atoms with Crippen molar-refractivity contribution in [3.63, 3.8) is 0 Å². The second-order valence-corrected chi connectivity index (χ2v) is 7.45. The highest BCUT2D eigenvalue weighted by Crippen LogP contribution is 2.30. The average molecular weight is 351 g/mol. The Labute approximate surface area is 148 Å². The summed E-state index contributed by atoms with van der Waals surface area (Å²) in [6, 6.07) is -0.855. The molecular formula is C18H29N3O4. The van der Waals surface area contributed by atoms with Gasteiger partial charge in [0.15, 0.2) is 0 Å². The number of ether oxygens (including phenoxy) is 1. The Morgan fingerprint density at radius 3 is 2.52 bits per heavy atom. The van der Waals surface area contributed by atoms with Gasteiger partial charge in [-0.05, 0) is 25.7 Å². The quantitative estimate of drug-likeness (QED) is 0.758. The topological polar surface area (TPSA) is 87.7 Å². The monoisotopic (exact) mass is 351 g/mol. The summed E-state index contributed by atoms with van der Waals surface area (Å²) in [4.78, 5) is 39.0. The molecule has 25 heavy (non-hydrogen) atoms. The first kappa shape index (κ1) is 18.0. The number of fused-ring (bicyclic) bond motifs is 1. The van der Waals surface area contributed by atoms with Gasteiger partial charge < -0.3 is 20.3 Å². The number of nitrogens with one attached hydrogen (secondary N) is 2. The Morgan fingerprint density at radius 1 is 1.12 bits per heavy atom. The van der Waals surface area contributed by atoms with Crippen LogP contribution in [-0.4, -0.2) is 54.1 Å². The van der Waals surface area contributed by atoms with E-state index in [-0.39, 0.29) is 36.5 Å². The molecular weight excluding hydrogens is 322 g/mol. The van der Waals surface area contributed by atoms with Gasteiger partial charge in [0.2, 0.25) is 5.91 Å². The number of nitrogens with zero attached hydrogens (tertiary/aromatic N) is 1. The molecule has 1 saturated heterocycles. The van der Waals surface area contributed by atoms with E-state index < -0.39 is 12.0 Å². The van der Waals surface area contributed by atoms with E-state index in [0.717, 1.165) is 51.4 Å². The fourth-order valence-electron chi connectivity index (χ4n) is 4.47. The molecule has 0 unspecified atom stereocenters. The Kier molecular flexibility index (Phi) is 5.81. The number of hydrogen-bond donors (Lipinski definition) is 2. The number of hydrogen-bond acceptors (Lipinski definition) is 4. The van der Waals surface area contributed by atoms with Crippen LogP contribution in [0.25, 0.3) is 0 Å². The van der Waals surface area contributed by atoms with Crippen LogP contribution >= 0.6 is 0 Å². The van der Waals surface area contributed by atoms with Crippen LogP contribution in [0.15, 0.2) is 0 Å². The van der Waals surface area contributed by atoms with E-state index in [2.05, 4.69) is 10.6 Å². The van der Waals surface area contributed by atoms with Gasteiger partial charge in [-0.25, -0.2) is 4.79 Å². The van der Waals surface area contributed by atoms with Crippen LogP contribution < -0.4 is 10.6 Å². The molecule has 0 aromatic heterocycles. The fraction of sp³-hybridized carbons (Fsp3) is 0.833. The molecule has 7 nitrogen and oxygen atoms in total. The van der Waals surface area contributed by atoms with Gasteiger partial charge in [-0.3, -0.25) is 9.59 Å². The standard InChI is InChI=1S/C18H29N3O4/c1-25-16(22)11-15-17(23)20-13-9-5-6-10-14(13)21(15)18(24)19-12-7-3-2-4-8-12/h12-15H,2-11H2,1H3,(H,19,24)(H,20,23)/t13-,14+,15-/m1/s1. The van der Waals surface area contributed by atoms with Gasteiger partial charge in [0.1, 0.15) is 6.04 Å². The summed E-state index contributed by atoms with van der Waals surface area (Å²) in [6.07, 6.45) is 9.19. The first-order valence-electron chi connectivity index (χ1n) is 9.56. The molecule has 0 aromatic carbocycles. The van der Waals surface area contributed by atoms with Gasteiger partial charge in [0.05, 0.1) is 19.6 Å². The molecule has 2 saturated carbocycles. The number of piperazine rings is 1. The molecule has 0 radical (unpaired) electrons. The Balaban J connectivity index is 1.77. The van der Waals surface area contributed by atoms with Crippen LogP contribution in [0.3, 0.4) is 0 Å². The van der Waals surface area contributed by atoms with E-state index in [0.29, 0.717) is 0 Å². The predicted molar refractivity (Wildman–Crippen MR) is 91.9 cm³/mol. The van der Waals surface area contributed by atoms with Crippen molar-refractivity contribution in [2.24, 2.45) is 0 Å². The zero-order valence-corrected chi connectivity index (χ0v) is 15.0. The van der Waals surface area contributed by atoms with Gasteiger partial charge in [0, 0.05) is 12.1 Å². The lowest BCUT2D eigenvalue weighted by molar-refractivity contribution is -0.147. The Hall–Kier alpha value is -1.79. The van der Waals surface area contributed by atoms with Crippen LogP contribution in [0.2, 0.25) is 0 Å². The van der Waals surface area contributed by atoms with Crippen LogP contribution in [0.1, 0.15) is 64.2 Å². The highest BCUT2D eigenvalue weighted by molar-refractivity contribution is 5.92. The number of urea groups is 1. The van der Waals surface area contributed by atoms with E-state index in [4.69, 9.17) is 4.74 Å². The van der Waals surface area contributed by atoms with E-state index in [1.807, 2.05) is 0 Å². The van der Waals surface area contributed by atoms with Gasteiger partial charge in [0.25, 0.3) is 0 Å². The van der Waals surface area contributed by atoms with Crippen molar-refractivity contribution in [1.82, 2.24) is 15.5 Å². The third-order valence-corrected chi connectivity index (χ3v) is 5.81. The fourth-order valence-corrected chi connectivity index (χ4v) is 4.47. The van der Waals surface area contributed by atoms with E-state index >= 15 is 0 Å². The second kappa shape index (κ2) is 8.06. The van der Waals surface area contributed by atoms with E-state index in [1.165, 1.54) is 13.5 Å². The molecule has 1 heterocycles. The number of rotatable bonds is 3. The average Bonchev–Trinajstić information content (AvgIpc) is 2.62. The number of methoxy groups -OCH3 is 1. The van der Waals surface area contributed by atoms with Gasteiger partial charge in [-0.15, -0.1) is 0 Å². The molecule has 0 spiro atoms. The molecule has 3 atom stereocenters. The summed E-state index contributed by atoms with van der Waals surface area (Å²) < 4.78 is 4.74. The minimum absolute atomic E-state index is 0.00717. The largest absolute Gasteiger partial charge is 0.469 e. The number of carbonyl (C=O) groups is 3. The molecule has 1 aliphatic heterocycles. The highest BCUT2D eigenvalue weighted by Gasteiger charge is 2.46. The summed E-state index contributed by atoms with van der Waals surface area (Å²) in [5, 5.41) is 6.14. The van der Waals surface area contributed by atoms with E-state index in [1.54, 1.807) is 4.90 Å². The zero-order chi connectivity index (χ0) is 17.8. The lowest BCUT2D eigenvalue weighted by Crippen LogP contribution is -2.69. The van der Waals surface area contributed by atoms with Crippen molar-refractivity contribution in [3.05, 3.63) is 0 Å². The number of carbonyl (C=O) groups excluding carboxylic acids is 3. The first-order valence-corrected chi connectivity index (χ1v) is 9.56. The van der Waals surface area contributed by atoms with Crippen LogP contribution in [-0.2, 0) is 14.3 Å². The Bertz CT molecular complexity index is 518. The summed E-state index contributed by atoms with van der Waals surface area (Å²) in [6.45, 7) is 0. The lowest BCUT2D eigenvalue weighted by Gasteiger charge is -2.48. The van der Waals surface area contributed by atoms with Gasteiger partial charge in [-0.1, -0.05) is 32.1 Å². The number of esters is 1. The maximum absolute atomic E-state index is 13.0. The molecule has 3 amide bonds. The smallest absolute Gasteiger partial charge is 0.318 e. The van der Waals surface area contributed by atoms with Crippen LogP contribution in [0, 0.1) is 0 Å². The molecule has 7 heteroatoms. The van der Waals surface area contributed by atoms with Gasteiger partial charge >= 0.3 is 12.0 Å². The Morgan fingerprint density at radius 2 is 1.80 bits per heavy atom. The zero-order valence-electron chi connectivity index (χ0n) is 15.0. The SMILES string of the molecule is COC(=O)C[C@@H]1C(=O)N[C@@H]2CCCC[C@@H]2N1C(=O)NC1CCCCC1. The van der Waals surface area contributed by atoms with Crippen LogP contribution in [0.5, 0.6) is 0 Å². The minimum atomic E-state index is -0.782. The van der Waals surface area contributed by atoms with Crippen molar-refractivity contribution in [3.8, 4) is 0 Å². The maximum atomic E-state index is 13.0. The number of amides is 3. The van der Waals surface area contributed by atoms with E-state index in [9.17, 15) is 14.4 Å². The molecule has 3 fully saturated rings. The van der Waals surface area contributed by atoms with Crippen molar-refractivity contribution in [1.29, 1.82) is 0 Å². The lowest BCUT2D eigenvalue weighted by atomic mass is 9.85. The van der Waals surface area contributed by atoms with Gasteiger partial charge in [-0.2, -0.15) is 0 Å². The molecule has 140 valence electrons. The third kappa shape index (κ3) is 4.07.